The van der Waals surface area contributed by atoms with Gasteiger partial charge in [-0.3, -0.25) is 4.90 Å². The zero-order valence-electron chi connectivity index (χ0n) is 13.4. The van der Waals surface area contributed by atoms with Gasteiger partial charge in [-0.1, -0.05) is 25.4 Å². The molecule has 0 unspecified atom stereocenters. The number of ether oxygens (including phenoxy) is 1. The van der Waals surface area contributed by atoms with Crippen molar-refractivity contribution in [2.45, 2.75) is 32.7 Å². The van der Waals surface area contributed by atoms with Crippen LogP contribution in [0.2, 0.25) is 5.02 Å². The fraction of sp³-hybridized carbons (Fsp3) is 0.471. The second kappa shape index (κ2) is 8.20. The largest absolute Gasteiger partial charge is 0.494 e. The van der Waals surface area contributed by atoms with E-state index in [4.69, 9.17) is 20.8 Å². The van der Waals surface area contributed by atoms with Crippen molar-refractivity contribution in [2.75, 3.05) is 20.2 Å². The molecule has 0 fully saturated rings. The Bertz CT molecular complexity index is 566. The minimum Gasteiger partial charge on any atom is -0.494 e. The van der Waals surface area contributed by atoms with Crippen LogP contribution >= 0.6 is 11.6 Å². The van der Waals surface area contributed by atoms with Crippen LogP contribution in [0, 0.1) is 0 Å². The Morgan fingerprint density at radius 1 is 1.27 bits per heavy atom. The van der Waals surface area contributed by atoms with Gasteiger partial charge in [-0.15, -0.1) is 0 Å². The third kappa shape index (κ3) is 5.35. The molecule has 0 bridgehead atoms. The highest BCUT2D eigenvalue weighted by atomic mass is 35.5. The van der Waals surface area contributed by atoms with Gasteiger partial charge in [-0.05, 0) is 37.7 Å². The Morgan fingerprint density at radius 3 is 2.64 bits per heavy atom. The summed E-state index contributed by atoms with van der Waals surface area (Å²) in [6.07, 6.45) is 2.76. The molecule has 120 valence electrons. The third-order valence-electron chi connectivity index (χ3n) is 3.31. The molecule has 0 spiro atoms. The summed E-state index contributed by atoms with van der Waals surface area (Å²) < 4.78 is 11.4. The van der Waals surface area contributed by atoms with E-state index in [2.05, 4.69) is 30.8 Å². The standard InChI is InChI=1S/C17H23ClN2O2/c1-13(2)16-11-19-17(22-16)12-20(3)9-4-10-21-15-7-5-14(18)6-8-15/h5-8,11,13H,4,9-10,12H2,1-3H3. The number of halogens is 1. The highest BCUT2D eigenvalue weighted by molar-refractivity contribution is 6.30. The van der Waals surface area contributed by atoms with Gasteiger partial charge in [-0.25, -0.2) is 4.98 Å². The van der Waals surface area contributed by atoms with Crippen LogP contribution in [-0.2, 0) is 6.54 Å². The minimum atomic E-state index is 0.374. The molecule has 2 aromatic rings. The third-order valence-corrected chi connectivity index (χ3v) is 3.56. The molecule has 0 saturated heterocycles. The molecule has 22 heavy (non-hydrogen) atoms. The summed E-state index contributed by atoms with van der Waals surface area (Å²) in [7, 11) is 2.06. The van der Waals surface area contributed by atoms with Crippen molar-refractivity contribution in [1.29, 1.82) is 0 Å². The smallest absolute Gasteiger partial charge is 0.208 e. The molecule has 0 aliphatic carbocycles. The van der Waals surface area contributed by atoms with Crippen LogP contribution in [0.4, 0.5) is 0 Å². The summed E-state index contributed by atoms with van der Waals surface area (Å²) in [6, 6.07) is 7.42. The van der Waals surface area contributed by atoms with Crippen LogP contribution in [0.5, 0.6) is 5.75 Å². The molecule has 0 saturated carbocycles. The highest BCUT2D eigenvalue weighted by Crippen LogP contribution is 2.17. The lowest BCUT2D eigenvalue weighted by Gasteiger charge is -2.14. The van der Waals surface area contributed by atoms with E-state index in [9.17, 15) is 0 Å². The van der Waals surface area contributed by atoms with Gasteiger partial charge in [-0.2, -0.15) is 0 Å². The summed E-state index contributed by atoms with van der Waals surface area (Å²) in [4.78, 5) is 6.49. The topological polar surface area (TPSA) is 38.5 Å². The molecule has 1 aromatic heterocycles. The molecular weight excluding hydrogens is 300 g/mol. The van der Waals surface area contributed by atoms with Crippen molar-refractivity contribution in [3.05, 3.63) is 47.1 Å². The molecule has 5 heteroatoms. The van der Waals surface area contributed by atoms with Crippen molar-refractivity contribution < 1.29 is 9.15 Å². The van der Waals surface area contributed by atoms with Gasteiger partial charge < -0.3 is 9.15 Å². The fourth-order valence-corrected chi connectivity index (χ4v) is 2.16. The molecule has 4 nitrogen and oxygen atoms in total. The summed E-state index contributed by atoms with van der Waals surface area (Å²) >= 11 is 5.84. The van der Waals surface area contributed by atoms with E-state index >= 15 is 0 Å². The van der Waals surface area contributed by atoms with Gasteiger partial charge in [0.1, 0.15) is 11.5 Å². The van der Waals surface area contributed by atoms with E-state index < -0.39 is 0 Å². The zero-order valence-corrected chi connectivity index (χ0v) is 14.1. The normalized spacial score (nSPS) is 11.4. The lowest BCUT2D eigenvalue weighted by Crippen LogP contribution is -2.21. The first kappa shape index (κ1) is 16.8. The van der Waals surface area contributed by atoms with Crippen LogP contribution in [0.3, 0.4) is 0 Å². The zero-order chi connectivity index (χ0) is 15.9. The number of nitrogens with zero attached hydrogens (tertiary/aromatic N) is 2. The second-order valence-corrected chi connectivity index (χ2v) is 6.14. The quantitative estimate of drug-likeness (QED) is 0.677. The molecule has 1 aromatic carbocycles. The van der Waals surface area contributed by atoms with Crippen molar-refractivity contribution in [3.63, 3.8) is 0 Å². The lowest BCUT2D eigenvalue weighted by atomic mass is 10.2. The number of oxazole rings is 1. The maximum atomic E-state index is 5.84. The van der Waals surface area contributed by atoms with Gasteiger partial charge in [0, 0.05) is 17.5 Å². The van der Waals surface area contributed by atoms with Gasteiger partial charge in [0.2, 0.25) is 5.89 Å². The van der Waals surface area contributed by atoms with E-state index in [1.165, 1.54) is 0 Å². The number of aromatic nitrogens is 1. The molecule has 0 amide bonds. The van der Waals surface area contributed by atoms with Crippen molar-refractivity contribution >= 4 is 11.6 Å². The Kier molecular flexibility index (Phi) is 6.28. The van der Waals surface area contributed by atoms with E-state index in [0.29, 0.717) is 19.1 Å². The van der Waals surface area contributed by atoms with Crippen LogP contribution in [-0.4, -0.2) is 30.1 Å². The van der Waals surface area contributed by atoms with E-state index in [-0.39, 0.29) is 0 Å². The number of hydrogen-bond acceptors (Lipinski definition) is 4. The van der Waals surface area contributed by atoms with E-state index in [0.717, 1.165) is 35.4 Å². The van der Waals surface area contributed by atoms with E-state index in [1.54, 1.807) is 0 Å². The van der Waals surface area contributed by atoms with Gasteiger partial charge in [0.25, 0.3) is 0 Å². The molecule has 0 aliphatic rings. The van der Waals surface area contributed by atoms with Crippen LogP contribution < -0.4 is 4.74 Å². The summed E-state index contributed by atoms with van der Waals surface area (Å²) in [5.41, 5.74) is 0. The lowest BCUT2D eigenvalue weighted by molar-refractivity contribution is 0.242. The van der Waals surface area contributed by atoms with Crippen LogP contribution in [0.1, 0.15) is 37.8 Å². The first-order valence-electron chi connectivity index (χ1n) is 7.56. The number of benzene rings is 1. The Balaban J connectivity index is 1.66. The molecule has 2 rings (SSSR count). The summed E-state index contributed by atoms with van der Waals surface area (Å²) in [5, 5.41) is 0.721. The summed E-state index contributed by atoms with van der Waals surface area (Å²) in [5.74, 6) is 2.93. The monoisotopic (exact) mass is 322 g/mol. The van der Waals surface area contributed by atoms with Gasteiger partial charge in [0.15, 0.2) is 0 Å². The maximum Gasteiger partial charge on any atom is 0.208 e. The SMILES string of the molecule is CC(C)c1cnc(CN(C)CCCOc2ccc(Cl)cc2)o1. The molecule has 0 N–H and O–H groups in total. The Morgan fingerprint density at radius 2 is 2.00 bits per heavy atom. The van der Waals surface area contributed by atoms with Crippen molar-refractivity contribution in [1.82, 2.24) is 9.88 Å². The molecular formula is C17H23ClN2O2. The van der Waals surface area contributed by atoms with Crippen LogP contribution in [0.25, 0.3) is 0 Å². The maximum absolute atomic E-state index is 5.84. The molecule has 0 radical (unpaired) electrons. The molecule has 0 aliphatic heterocycles. The van der Waals surface area contributed by atoms with E-state index in [1.807, 2.05) is 30.5 Å². The number of hydrogen-bond donors (Lipinski definition) is 0. The average Bonchev–Trinajstić information content (AvgIpc) is 2.94. The first-order valence-corrected chi connectivity index (χ1v) is 7.94. The minimum absolute atomic E-state index is 0.374. The molecule has 1 heterocycles. The highest BCUT2D eigenvalue weighted by Gasteiger charge is 2.09. The first-order chi connectivity index (χ1) is 10.5. The molecule has 0 atom stereocenters. The Labute approximate surface area is 137 Å². The van der Waals surface area contributed by atoms with Crippen LogP contribution in [0.15, 0.2) is 34.9 Å². The Hall–Kier alpha value is -1.52. The summed E-state index contributed by atoms with van der Waals surface area (Å²) in [6.45, 7) is 6.51. The average molecular weight is 323 g/mol. The van der Waals surface area contributed by atoms with Crippen molar-refractivity contribution in [3.8, 4) is 5.75 Å². The van der Waals surface area contributed by atoms with Crippen molar-refractivity contribution in [2.24, 2.45) is 0 Å². The predicted molar refractivity (Wildman–Crippen MR) is 88.5 cm³/mol. The number of rotatable bonds is 8. The predicted octanol–water partition coefficient (Wildman–Crippen LogP) is 4.35. The van der Waals surface area contributed by atoms with Gasteiger partial charge >= 0.3 is 0 Å². The second-order valence-electron chi connectivity index (χ2n) is 5.70. The fourth-order valence-electron chi connectivity index (χ4n) is 2.03. The van der Waals surface area contributed by atoms with Gasteiger partial charge in [0.05, 0.1) is 19.3 Å².